The Bertz CT molecular complexity index is 2330. The summed E-state index contributed by atoms with van der Waals surface area (Å²) in [7, 11) is 1.64. The van der Waals surface area contributed by atoms with Gasteiger partial charge in [-0.2, -0.15) is 0 Å². The van der Waals surface area contributed by atoms with Crippen LogP contribution in [0.1, 0.15) is 98.7 Å². The van der Waals surface area contributed by atoms with Crippen molar-refractivity contribution < 1.29 is 43.4 Å². The van der Waals surface area contributed by atoms with Crippen LogP contribution in [0.4, 0.5) is 0 Å². The summed E-state index contributed by atoms with van der Waals surface area (Å²) in [4.78, 5) is 24.8. The van der Waals surface area contributed by atoms with E-state index < -0.39 is 0 Å². The molecule has 0 aliphatic carbocycles. The Labute approximate surface area is 396 Å². The molecule has 0 radical (unpaired) electrons. The van der Waals surface area contributed by atoms with Gasteiger partial charge in [-0.3, -0.25) is 0 Å². The van der Waals surface area contributed by atoms with Crippen LogP contribution in [-0.4, -0.2) is 148 Å². The number of aliphatic hydroxyl groups excluding tert-OH is 2. The molecule has 0 saturated carbocycles. The number of nitrogens with one attached hydrogen (secondary N) is 2. The van der Waals surface area contributed by atoms with E-state index in [-0.39, 0.29) is 26.4 Å². The van der Waals surface area contributed by atoms with E-state index in [2.05, 4.69) is 50.1 Å². The van der Waals surface area contributed by atoms with Crippen molar-refractivity contribution in [3.8, 4) is 11.5 Å². The van der Waals surface area contributed by atoms with Gasteiger partial charge in [0.25, 0.3) is 0 Å². The average molecular weight is 930 g/mol. The van der Waals surface area contributed by atoms with Gasteiger partial charge in [0.15, 0.2) is 11.5 Å². The number of ether oxygens (including phenoxy) is 7. The van der Waals surface area contributed by atoms with Crippen LogP contribution >= 0.6 is 0 Å². The summed E-state index contributed by atoms with van der Waals surface area (Å²) in [6.07, 6.45) is 4.19. The summed E-state index contributed by atoms with van der Waals surface area (Å²) < 4.78 is 40.7. The zero-order chi connectivity index (χ0) is 48.0. The van der Waals surface area contributed by atoms with Crippen molar-refractivity contribution in [1.82, 2.24) is 30.2 Å². The third-order valence-corrected chi connectivity index (χ3v) is 11.6. The van der Waals surface area contributed by atoms with Gasteiger partial charge < -0.3 is 59.4 Å². The standard InChI is InChI=1S/C51H75N7O9/c1-8-38-39(9-2)43-31-45-41(13-11-18-60)35(4)51(58-45)37(6)55-47-33-49(67-29-27-65-25-24-63-21-20-61-7)48(66-28-26-64-23-22-62-19-16-53-15-14-52)32-46(47)54-36(5)50-34(3)40(12-10-17-59)44(57-50)30-42(38)56-43/h30-33,53,56,59-60H,8-29,52H2,1-7H3. The smallest absolute Gasteiger partial charge is 0.163 e. The molecular weight excluding hydrogens is 855 g/mol. The third-order valence-electron chi connectivity index (χ3n) is 11.6. The molecule has 2 aliphatic rings. The number of aryl methyl sites for hydroxylation is 4. The summed E-state index contributed by atoms with van der Waals surface area (Å²) >= 11 is 0. The number of H-pyrrole nitrogens is 1. The fourth-order valence-electron chi connectivity index (χ4n) is 8.24. The summed E-state index contributed by atoms with van der Waals surface area (Å²) in [5.41, 5.74) is 19.9. The van der Waals surface area contributed by atoms with Crippen LogP contribution in [0, 0.1) is 13.8 Å². The van der Waals surface area contributed by atoms with Crippen LogP contribution in [-0.2, 0) is 36.5 Å². The maximum Gasteiger partial charge on any atom is 0.163 e. The Morgan fingerprint density at radius 1 is 0.567 bits per heavy atom. The second-order valence-electron chi connectivity index (χ2n) is 16.3. The summed E-state index contributed by atoms with van der Waals surface area (Å²) in [6.45, 7) is 19.1. The summed E-state index contributed by atoms with van der Waals surface area (Å²) in [6, 6.07) is 8.01. The van der Waals surface area contributed by atoms with E-state index in [0.717, 1.165) is 82.0 Å². The minimum absolute atomic E-state index is 0.0699. The van der Waals surface area contributed by atoms with E-state index in [1.165, 1.54) is 11.1 Å². The van der Waals surface area contributed by atoms with Crippen molar-refractivity contribution in [2.75, 3.05) is 113 Å². The predicted octanol–water partition coefficient (Wildman–Crippen LogP) is 6.51. The minimum Gasteiger partial charge on any atom is -0.487 e. The van der Waals surface area contributed by atoms with Crippen LogP contribution < -0.4 is 20.5 Å². The van der Waals surface area contributed by atoms with Gasteiger partial charge in [0.2, 0.25) is 0 Å². The van der Waals surface area contributed by atoms with Crippen LogP contribution in [0.3, 0.4) is 0 Å². The fourth-order valence-corrected chi connectivity index (χ4v) is 8.24. The molecule has 5 rings (SSSR count). The second-order valence-corrected chi connectivity index (χ2v) is 16.3. The Morgan fingerprint density at radius 3 is 1.42 bits per heavy atom. The molecular formula is C51H75N7O9. The van der Waals surface area contributed by atoms with Gasteiger partial charge in [0, 0.05) is 63.1 Å². The fraction of sp³-hybridized carbons (Fsp3) is 0.569. The van der Waals surface area contributed by atoms with Gasteiger partial charge in [-0.1, -0.05) is 13.8 Å². The number of allylic oxidation sites excluding steroid dienone is 4. The number of methoxy groups -OCH3 is 1. The van der Waals surface area contributed by atoms with Gasteiger partial charge in [-0.25, -0.2) is 19.9 Å². The molecule has 0 amide bonds. The number of aliphatic hydroxyl groups is 2. The molecule has 0 saturated heterocycles. The Kier molecular flexibility index (Phi) is 22.8. The molecule has 0 atom stereocenters. The molecule has 0 fully saturated rings. The van der Waals surface area contributed by atoms with Crippen molar-refractivity contribution in [1.29, 1.82) is 0 Å². The van der Waals surface area contributed by atoms with E-state index in [1.807, 2.05) is 26.0 Å². The molecule has 16 nitrogen and oxygen atoms in total. The zero-order valence-corrected chi connectivity index (χ0v) is 41.0. The number of fused-ring (bicyclic) bond motifs is 7. The molecule has 0 spiro atoms. The lowest BCUT2D eigenvalue weighted by Crippen LogP contribution is -2.26. The SMILES string of the molecule is CCc1c(CC)c2cc3nc(c(C)nc4cc(OCCOCCOCCOC)c(OCCOCCOCCNCCN)cc4nc(C)c4nc(cc1[nH]2)C(CCCO)=C4C)C(C)=C3CCCO. The number of benzene rings is 1. The highest BCUT2D eigenvalue weighted by Gasteiger charge is 2.22. The van der Waals surface area contributed by atoms with Crippen LogP contribution in [0.2, 0.25) is 0 Å². The Balaban J connectivity index is 1.67. The van der Waals surface area contributed by atoms with Crippen LogP contribution in [0.15, 0.2) is 24.3 Å². The largest absolute Gasteiger partial charge is 0.487 e. The number of hydrogen-bond acceptors (Lipinski definition) is 15. The summed E-state index contributed by atoms with van der Waals surface area (Å²) in [5, 5.41) is 23.1. The van der Waals surface area contributed by atoms with E-state index >= 15 is 0 Å². The zero-order valence-electron chi connectivity index (χ0n) is 41.0. The van der Waals surface area contributed by atoms with Crippen molar-refractivity contribution in [2.45, 2.75) is 80.1 Å². The van der Waals surface area contributed by atoms with Crippen molar-refractivity contribution in [3.05, 3.63) is 69.6 Å². The van der Waals surface area contributed by atoms with E-state index in [1.54, 1.807) is 7.11 Å². The maximum absolute atomic E-state index is 9.95. The number of aromatic amines is 1. The van der Waals surface area contributed by atoms with Gasteiger partial charge in [-0.15, -0.1) is 0 Å². The molecule has 16 heteroatoms. The first-order valence-electron chi connectivity index (χ1n) is 23.9. The van der Waals surface area contributed by atoms with Gasteiger partial charge in [-0.05, 0) is 112 Å². The second kappa shape index (κ2) is 28.6. The minimum atomic E-state index is 0.0699. The highest BCUT2D eigenvalue weighted by Crippen LogP contribution is 2.38. The Morgan fingerprint density at radius 2 is 1.00 bits per heavy atom. The first kappa shape index (κ1) is 53.3. The van der Waals surface area contributed by atoms with E-state index in [4.69, 9.17) is 58.8 Å². The number of nitrogens with zero attached hydrogens (tertiary/aromatic N) is 4. The van der Waals surface area contributed by atoms with Crippen molar-refractivity contribution in [2.24, 2.45) is 5.73 Å². The molecule has 0 unspecified atom stereocenters. The van der Waals surface area contributed by atoms with Crippen molar-refractivity contribution in [3.63, 3.8) is 0 Å². The molecule has 2 aromatic heterocycles. The van der Waals surface area contributed by atoms with E-state index in [0.29, 0.717) is 126 Å². The third kappa shape index (κ3) is 15.2. The number of aromatic nitrogens is 5. The predicted molar refractivity (Wildman–Crippen MR) is 265 cm³/mol. The average Bonchev–Trinajstić information content (AvgIpc) is 3.94. The highest BCUT2D eigenvalue weighted by molar-refractivity contribution is 5.94. The number of hydrogen-bond donors (Lipinski definition) is 5. The Hall–Kier alpha value is -4.62. The van der Waals surface area contributed by atoms with Gasteiger partial charge in [0.1, 0.15) is 13.2 Å². The lowest BCUT2D eigenvalue weighted by molar-refractivity contribution is 0.0175. The molecule has 6 bridgehead atoms. The molecule has 368 valence electrons. The number of rotatable bonds is 30. The lowest BCUT2D eigenvalue weighted by Gasteiger charge is -2.14. The van der Waals surface area contributed by atoms with Gasteiger partial charge >= 0.3 is 0 Å². The normalized spacial score (nSPS) is 12.7. The maximum atomic E-state index is 9.95. The molecule has 6 N–H and O–H groups in total. The highest BCUT2D eigenvalue weighted by atomic mass is 16.6. The van der Waals surface area contributed by atoms with Crippen LogP contribution in [0.25, 0.3) is 44.4 Å². The molecule has 1 aromatic carbocycles. The molecule has 67 heavy (non-hydrogen) atoms. The quantitative estimate of drug-likeness (QED) is 0.0452. The lowest BCUT2D eigenvalue weighted by atomic mass is 9.99. The topological polar surface area (TPSA) is 210 Å². The monoisotopic (exact) mass is 930 g/mol. The van der Waals surface area contributed by atoms with E-state index in [9.17, 15) is 10.2 Å². The molecule has 3 aromatic rings. The number of nitrogens with two attached hydrogens (primary N) is 1. The van der Waals surface area contributed by atoms with Crippen LogP contribution in [0.5, 0.6) is 11.5 Å². The summed E-state index contributed by atoms with van der Waals surface area (Å²) in [5.74, 6) is 0.943. The molecule has 4 heterocycles. The van der Waals surface area contributed by atoms with Crippen molar-refractivity contribution >= 4 is 44.4 Å². The van der Waals surface area contributed by atoms with Gasteiger partial charge in [0.05, 0.1) is 105 Å². The molecule has 2 aliphatic heterocycles. The first-order valence-corrected chi connectivity index (χ1v) is 23.9. The first-order chi connectivity index (χ1) is 32.7.